The van der Waals surface area contributed by atoms with E-state index in [-0.39, 0.29) is 16.3 Å². The molecule has 0 aliphatic heterocycles. The van der Waals surface area contributed by atoms with Crippen molar-refractivity contribution in [2.24, 2.45) is 0 Å². The van der Waals surface area contributed by atoms with Gasteiger partial charge in [-0.3, -0.25) is 0 Å². The summed E-state index contributed by atoms with van der Waals surface area (Å²) in [7, 11) is 0. The Morgan fingerprint density at radius 2 is 1.47 bits per heavy atom. The van der Waals surface area contributed by atoms with Crippen molar-refractivity contribution in [2.75, 3.05) is 5.73 Å². The van der Waals surface area contributed by atoms with Gasteiger partial charge in [-0.1, -0.05) is 29.3 Å². The topological polar surface area (TPSA) is 26.0 Å². The Balaban J connectivity index is 2.64. The molecule has 0 amide bonds. The van der Waals surface area contributed by atoms with Crippen molar-refractivity contribution in [3.8, 4) is 11.1 Å². The first-order valence-electron chi connectivity index (χ1n) is 4.69. The van der Waals surface area contributed by atoms with Gasteiger partial charge in [0.05, 0.1) is 15.6 Å². The molecule has 0 aliphatic rings. The van der Waals surface area contributed by atoms with Gasteiger partial charge in [0.2, 0.25) is 0 Å². The fraction of sp³-hybridized carbons (Fsp3) is 0. The molecule has 2 rings (SSSR count). The molecule has 0 spiro atoms. The van der Waals surface area contributed by atoms with E-state index in [4.69, 9.17) is 28.9 Å². The zero-order valence-electron chi connectivity index (χ0n) is 8.48. The first kappa shape index (κ1) is 12.1. The maximum Gasteiger partial charge on any atom is 0.136 e. The molecule has 0 saturated carbocycles. The molecule has 2 N–H and O–H groups in total. The van der Waals surface area contributed by atoms with Crippen LogP contribution in [0.1, 0.15) is 0 Å². The van der Waals surface area contributed by atoms with E-state index in [9.17, 15) is 8.78 Å². The largest absolute Gasteiger partial charge is 0.399 e. The molecule has 0 bridgehead atoms. The van der Waals surface area contributed by atoms with Gasteiger partial charge in [-0.05, 0) is 29.8 Å². The van der Waals surface area contributed by atoms with Crippen molar-refractivity contribution in [3.63, 3.8) is 0 Å². The number of nitrogens with two attached hydrogens (primary N) is 1. The molecule has 0 heterocycles. The van der Waals surface area contributed by atoms with Crippen LogP contribution in [-0.4, -0.2) is 0 Å². The molecule has 0 aliphatic carbocycles. The number of benzene rings is 2. The van der Waals surface area contributed by atoms with Gasteiger partial charge in [-0.15, -0.1) is 0 Å². The van der Waals surface area contributed by atoms with E-state index in [1.54, 1.807) is 0 Å². The predicted octanol–water partition coefficient (Wildman–Crippen LogP) is 4.52. The molecular formula is C12H7Cl2F2N. The molecule has 88 valence electrons. The van der Waals surface area contributed by atoms with E-state index >= 15 is 0 Å². The Kier molecular flexibility index (Phi) is 3.22. The van der Waals surface area contributed by atoms with E-state index in [0.717, 1.165) is 12.1 Å². The number of hydrogen-bond acceptors (Lipinski definition) is 1. The molecule has 0 radical (unpaired) electrons. The fourth-order valence-corrected chi connectivity index (χ4v) is 1.82. The Morgan fingerprint density at radius 3 is 2.00 bits per heavy atom. The summed E-state index contributed by atoms with van der Waals surface area (Å²) < 4.78 is 27.3. The molecule has 17 heavy (non-hydrogen) atoms. The summed E-state index contributed by atoms with van der Waals surface area (Å²) in [5.74, 6) is -1.47. The highest BCUT2D eigenvalue weighted by Gasteiger charge is 2.13. The van der Waals surface area contributed by atoms with Crippen LogP contribution in [0.25, 0.3) is 11.1 Å². The van der Waals surface area contributed by atoms with Gasteiger partial charge in [0.25, 0.3) is 0 Å². The third-order valence-corrected chi connectivity index (χ3v) is 3.01. The van der Waals surface area contributed by atoms with Crippen molar-refractivity contribution in [1.29, 1.82) is 0 Å². The van der Waals surface area contributed by atoms with Crippen molar-refractivity contribution >= 4 is 28.9 Å². The molecule has 5 heteroatoms. The summed E-state index contributed by atoms with van der Waals surface area (Å²) in [5, 5.41) is 0.562. The quantitative estimate of drug-likeness (QED) is 0.760. The highest BCUT2D eigenvalue weighted by atomic mass is 35.5. The van der Waals surface area contributed by atoms with E-state index in [1.807, 2.05) is 0 Å². The highest BCUT2D eigenvalue weighted by Crippen LogP contribution is 2.32. The smallest absolute Gasteiger partial charge is 0.136 e. The fourth-order valence-electron chi connectivity index (χ4n) is 1.52. The van der Waals surface area contributed by atoms with Crippen molar-refractivity contribution in [2.45, 2.75) is 0 Å². The summed E-state index contributed by atoms with van der Waals surface area (Å²) in [6, 6.07) is 6.49. The highest BCUT2D eigenvalue weighted by molar-refractivity contribution is 6.42. The van der Waals surface area contributed by atoms with Crippen LogP contribution in [0.2, 0.25) is 10.0 Å². The molecule has 2 aromatic carbocycles. The molecule has 2 aromatic rings. The van der Waals surface area contributed by atoms with E-state index in [0.29, 0.717) is 10.6 Å². The van der Waals surface area contributed by atoms with Crippen LogP contribution >= 0.6 is 23.2 Å². The van der Waals surface area contributed by atoms with Crippen LogP contribution in [0.4, 0.5) is 14.5 Å². The lowest BCUT2D eigenvalue weighted by Crippen LogP contribution is -1.94. The number of nitrogen functional groups attached to an aromatic ring is 1. The van der Waals surface area contributed by atoms with E-state index in [1.165, 1.54) is 18.2 Å². The minimum atomic E-state index is -0.735. The van der Waals surface area contributed by atoms with E-state index < -0.39 is 11.6 Å². The number of hydrogen-bond donors (Lipinski definition) is 1. The monoisotopic (exact) mass is 273 g/mol. The van der Waals surface area contributed by atoms with Gasteiger partial charge >= 0.3 is 0 Å². The van der Waals surface area contributed by atoms with Gasteiger partial charge in [0.15, 0.2) is 0 Å². The molecule has 0 atom stereocenters. The zero-order valence-corrected chi connectivity index (χ0v) is 9.99. The second-order valence-electron chi connectivity index (χ2n) is 3.49. The Bertz CT molecular complexity index is 562. The Labute approximate surface area is 107 Å². The molecule has 0 saturated heterocycles. The summed E-state index contributed by atoms with van der Waals surface area (Å²) >= 11 is 11.5. The maximum atomic E-state index is 13.6. The summed E-state index contributed by atoms with van der Waals surface area (Å²) in [4.78, 5) is 0. The van der Waals surface area contributed by atoms with Crippen LogP contribution < -0.4 is 5.73 Å². The maximum absolute atomic E-state index is 13.6. The van der Waals surface area contributed by atoms with Crippen molar-refractivity contribution in [1.82, 2.24) is 0 Å². The standard InChI is InChI=1S/C12H7Cl2F2N/c13-8-2-1-6(3-9(8)14)12-10(15)4-7(17)5-11(12)16/h1-5H,17H2. The Hall–Kier alpha value is -1.32. The third kappa shape index (κ3) is 2.35. The molecule has 0 aromatic heterocycles. The van der Waals surface area contributed by atoms with Crippen LogP contribution in [0, 0.1) is 11.6 Å². The lowest BCUT2D eigenvalue weighted by atomic mass is 10.0. The Morgan fingerprint density at radius 1 is 0.882 bits per heavy atom. The first-order chi connectivity index (χ1) is 7.99. The minimum Gasteiger partial charge on any atom is -0.399 e. The summed E-state index contributed by atoms with van der Waals surface area (Å²) in [6.07, 6.45) is 0. The minimum absolute atomic E-state index is 0.0313. The lowest BCUT2D eigenvalue weighted by Gasteiger charge is -2.07. The average molecular weight is 274 g/mol. The lowest BCUT2D eigenvalue weighted by molar-refractivity contribution is 0.591. The van der Waals surface area contributed by atoms with Crippen LogP contribution in [0.3, 0.4) is 0 Å². The normalized spacial score (nSPS) is 10.6. The summed E-state index contributed by atoms with van der Waals surface area (Å²) in [5.41, 5.74) is 5.51. The number of halogens is 4. The van der Waals surface area contributed by atoms with E-state index in [2.05, 4.69) is 0 Å². The predicted molar refractivity (Wildman–Crippen MR) is 66.2 cm³/mol. The zero-order chi connectivity index (χ0) is 12.6. The SMILES string of the molecule is Nc1cc(F)c(-c2ccc(Cl)c(Cl)c2)c(F)c1. The van der Waals surface area contributed by atoms with Gasteiger partial charge < -0.3 is 5.73 Å². The second kappa shape index (κ2) is 4.51. The van der Waals surface area contributed by atoms with Crippen LogP contribution in [-0.2, 0) is 0 Å². The molecule has 1 nitrogen and oxygen atoms in total. The number of rotatable bonds is 1. The molecular weight excluding hydrogens is 267 g/mol. The van der Waals surface area contributed by atoms with Gasteiger partial charge in [0, 0.05) is 5.69 Å². The molecule has 0 unspecified atom stereocenters. The second-order valence-corrected chi connectivity index (χ2v) is 4.30. The first-order valence-corrected chi connectivity index (χ1v) is 5.44. The van der Waals surface area contributed by atoms with Crippen molar-refractivity contribution in [3.05, 3.63) is 52.0 Å². The summed E-state index contributed by atoms with van der Waals surface area (Å²) in [6.45, 7) is 0. The van der Waals surface area contributed by atoms with Gasteiger partial charge in [-0.25, -0.2) is 8.78 Å². The van der Waals surface area contributed by atoms with Gasteiger partial charge in [-0.2, -0.15) is 0 Å². The van der Waals surface area contributed by atoms with Gasteiger partial charge in [0.1, 0.15) is 11.6 Å². The van der Waals surface area contributed by atoms with Crippen molar-refractivity contribution < 1.29 is 8.78 Å². The average Bonchev–Trinajstić information content (AvgIpc) is 2.21. The molecule has 0 fully saturated rings. The third-order valence-electron chi connectivity index (χ3n) is 2.27. The number of anilines is 1. The van der Waals surface area contributed by atoms with Crippen LogP contribution in [0.5, 0.6) is 0 Å². The van der Waals surface area contributed by atoms with Crippen LogP contribution in [0.15, 0.2) is 30.3 Å².